The Balaban J connectivity index is 4.56. The van der Waals surface area contributed by atoms with Crippen molar-refractivity contribution in [2.24, 2.45) is 5.92 Å². The Labute approximate surface area is 115 Å². The number of nitrogens with one attached hydrogen (secondary N) is 1. The molecule has 0 spiro atoms. The fraction of sp³-hybridized carbons (Fsp3) is 0.714. The predicted molar refractivity (Wildman–Crippen MR) is 76.1 cm³/mol. The summed E-state index contributed by atoms with van der Waals surface area (Å²) < 4.78 is 0. The zero-order chi connectivity index (χ0) is 14.8. The molecule has 0 saturated carbocycles. The van der Waals surface area contributed by atoms with Crippen molar-refractivity contribution in [3.63, 3.8) is 0 Å². The van der Waals surface area contributed by atoms with Crippen LogP contribution >= 0.6 is 0 Å². The molecule has 1 unspecified atom stereocenters. The molecule has 0 aliphatic rings. The van der Waals surface area contributed by atoms with Crippen LogP contribution in [-0.2, 0) is 4.79 Å². The highest BCUT2D eigenvalue weighted by molar-refractivity contribution is 5.82. The van der Waals surface area contributed by atoms with Gasteiger partial charge in [0.1, 0.15) is 6.04 Å². The first-order valence-corrected chi connectivity index (χ1v) is 6.89. The second-order valence-corrected chi connectivity index (χ2v) is 4.59. The molecule has 0 fully saturated rings. The Morgan fingerprint density at radius 1 is 1.32 bits per heavy atom. The van der Waals surface area contributed by atoms with Crippen molar-refractivity contribution in [2.75, 3.05) is 13.1 Å². The van der Waals surface area contributed by atoms with Gasteiger partial charge in [0.2, 0.25) is 0 Å². The van der Waals surface area contributed by atoms with Crippen LogP contribution in [0.15, 0.2) is 12.7 Å². The van der Waals surface area contributed by atoms with Crippen LogP contribution in [-0.4, -0.2) is 41.1 Å². The fourth-order valence-corrected chi connectivity index (χ4v) is 1.84. The van der Waals surface area contributed by atoms with E-state index < -0.39 is 12.0 Å². The summed E-state index contributed by atoms with van der Waals surface area (Å²) in [5.41, 5.74) is 0. The number of carboxylic acids is 1. The summed E-state index contributed by atoms with van der Waals surface area (Å²) in [6.07, 6.45) is 3.74. The van der Waals surface area contributed by atoms with Gasteiger partial charge >= 0.3 is 12.0 Å². The first kappa shape index (κ1) is 17.5. The number of nitrogens with zero attached hydrogens (tertiary/aromatic N) is 1. The number of urea groups is 1. The molecule has 2 N–H and O–H groups in total. The van der Waals surface area contributed by atoms with E-state index in [2.05, 4.69) is 25.7 Å². The molecule has 0 aliphatic heterocycles. The smallest absolute Gasteiger partial charge is 0.326 e. The lowest BCUT2D eigenvalue weighted by Gasteiger charge is -2.27. The van der Waals surface area contributed by atoms with E-state index in [1.165, 1.54) is 6.08 Å². The molecule has 0 heterocycles. The molecule has 19 heavy (non-hydrogen) atoms. The van der Waals surface area contributed by atoms with Gasteiger partial charge in [-0.05, 0) is 19.3 Å². The maximum Gasteiger partial charge on any atom is 0.326 e. The molecule has 0 radical (unpaired) electrons. The van der Waals surface area contributed by atoms with E-state index in [1.807, 2.05) is 6.92 Å². The van der Waals surface area contributed by atoms with E-state index in [1.54, 1.807) is 4.90 Å². The van der Waals surface area contributed by atoms with Gasteiger partial charge in [0.15, 0.2) is 0 Å². The van der Waals surface area contributed by atoms with E-state index in [9.17, 15) is 9.59 Å². The van der Waals surface area contributed by atoms with Gasteiger partial charge < -0.3 is 15.3 Å². The van der Waals surface area contributed by atoms with Crippen LogP contribution in [0.4, 0.5) is 4.79 Å². The van der Waals surface area contributed by atoms with Crippen molar-refractivity contribution in [3.8, 4) is 0 Å². The van der Waals surface area contributed by atoms with E-state index in [-0.39, 0.29) is 12.5 Å². The van der Waals surface area contributed by atoms with Gasteiger partial charge in [0.25, 0.3) is 0 Å². The fourth-order valence-electron chi connectivity index (χ4n) is 1.84. The molecule has 5 heteroatoms. The lowest BCUT2D eigenvalue weighted by atomic mass is 10.0. The molecule has 2 amide bonds. The highest BCUT2D eigenvalue weighted by atomic mass is 16.4. The third-order valence-corrected chi connectivity index (χ3v) is 3.30. The van der Waals surface area contributed by atoms with Crippen molar-refractivity contribution in [1.29, 1.82) is 0 Å². The van der Waals surface area contributed by atoms with Crippen LogP contribution < -0.4 is 5.32 Å². The molecular weight excluding hydrogens is 244 g/mol. The number of aliphatic carboxylic acids is 1. The molecule has 0 aromatic carbocycles. The minimum atomic E-state index is -1.04. The van der Waals surface area contributed by atoms with Gasteiger partial charge in [-0.3, -0.25) is 0 Å². The molecule has 0 saturated heterocycles. The van der Waals surface area contributed by atoms with Crippen molar-refractivity contribution in [3.05, 3.63) is 12.7 Å². The number of rotatable bonds is 9. The largest absolute Gasteiger partial charge is 0.480 e. The molecule has 0 aliphatic carbocycles. The van der Waals surface area contributed by atoms with E-state index >= 15 is 0 Å². The van der Waals surface area contributed by atoms with E-state index in [0.29, 0.717) is 19.0 Å². The first-order valence-electron chi connectivity index (χ1n) is 6.89. The van der Waals surface area contributed by atoms with Crippen molar-refractivity contribution in [2.45, 2.75) is 46.1 Å². The highest BCUT2D eigenvalue weighted by Gasteiger charge is 2.22. The SMILES string of the molecule is C=CCC(NC(=O)N(CC)CC(CC)CC)C(=O)O. The minimum Gasteiger partial charge on any atom is -0.480 e. The lowest BCUT2D eigenvalue weighted by Crippen LogP contribution is -2.48. The molecule has 0 rings (SSSR count). The number of carbonyl (C=O) groups is 2. The van der Waals surface area contributed by atoms with Gasteiger partial charge in [-0.1, -0.05) is 32.8 Å². The van der Waals surface area contributed by atoms with Crippen LogP contribution in [0.1, 0.15) is 40.0 Å². The molecule has 0 aromatic heterocycles. The van der Waals surface area contributed by atoms with Crippen LogP contribution in [0, 0.1) is 5.92 Å². The van der Waals surface area contributed by atoms with Crippen molar-refractivity contribution in [1.82, 2.24) is 10.2 Å². The zero-order valence-electron chi connectivity index (χ0n) is 12.2. The molecule has 0 bridgehead atoms. The highest BCUT2D eigenvalue weighted by Crippen LogP contribution is 2.10. The summed E-state index contributed by atoms with van der Waals surface area (Å²) in [4.78, 5) is 24.7. The number of carbonyl (C=O) groups excluding carboxylic acids is 1. The average molecular weight is 270 g/mol. The summed E-state index contributed by atoms with van der Waals surface area (Å²) in [5, 5.41) is 11.5. The van der Waals surface area contributed by atoms with Gasteiger partial charge in [0, 0.05) is 13.1 Å². The monoisotopic (exact) mass is 270 g/mol. The summed E-state index contributed by atoms with van der Waals surface area (Å²) in [6.45, 7) is 10.8. The number of carboxylic acid groups (broad SMARTS) is 1. The van der Waals surface area contributed by atoms with E-state index in [4.69, 9.17) is 5.11 Å². The lowest BCUT2D eigenvalue weighted by molar-refractivity contribution is -0.139. The number of hydrogen-bond acceptors (Lipinski definition) is 2. The second kappa shape index (κ2) is 9.42. The normalized spacial score (nSPS) is 12.0. The van der Waals surface area contributed by atoms with Crippen LogP contribution in [0.25, 0.3) is 0 Å². The van der Waals surface area contributed by atoms with Crippen LogP contribution in [0.2, 0.25) is 0 Å². The Kier molecular flexibility index (Phi) is 8.66. The maximum atomic E-state index is 12.0. The molecule has 1 atom stereocenters. The summed E-state index contributed by atoms with van der Waals surface area (Å²) in [5.74, 6) is -0.583. The second-order valence-electron chi connectivity index (χ2n) is 4.59. The molecular formula is C14H26N2O3. The number of amides is 2. The molecule has 5 nitrogen and oxygen atoms in total. The average Bonchev–Trinajstić information content (AvgIpc) is 2.39. The van der Waals surface area contributed by atoms with Gasteiger partial charge in [-0.15, -0.1) is 6.58 Å². The van der Waals surface area contributed by atoms with Crippen molar-refractivity contribution < 1.29 is 14.7 Å². The Morgan fingerprint density at radius 3 is 2.26 bits per heavy atom. The van der Waals surface area contributed by atoms with E-state index in [0.717, 1.165) is 12.8 Å². The van der Waals surface area contributed by atoms with Gasteiger partial charge in [-0.2, -0.15) is 0 Å². The van der Waals surface area contributed by atoms with Gasteiger partial charge in [0.05, 0.1) is 0 Å². The Morgan fingerprint density at radius 2 is 1.89 bits per heavy atom. The summed E-state index contributed by atoms with van der Waals surface area (Å²) in [6, 6.07) is -1.22. The predicted octanol–water partition coefficient (Wildman–Crippen LogP) is 2.48. The molecule has 110 valence electrons. The third-order valence-electron chi connectivity index (χ3n) is 3.30. The van der Waals surface area contributed by atoms with Crippen LogP contribution in [0.5, 0.6) is 0 Å². The van der Waals surface area contributed by atoms with Gasteiger partial charge in [-0.25, -0.2) is 9.59 Å². The minimum absolute atomic E-state index is 0.226. The summed E-state index contributed by atoms with van der Waals surface area (Å²) in [7, 11) is 0. The third kappa shape index (κ3) is 6.27. The van der Waals surface area contributed by atoms with Crippen molar-refractivity contribution >= 4 is 12.0 Å². The quantitative estimate of drug-likeness (QED) is 0.632. The number of hydrogen-bond donors (Lipinski definition) is 2. The standard InChI is InChI=1S/C14H26N2O3/c1-5-9-12(13(17)18)15-14(19)16(8-4)10-11(6-2)7-3/h5,11-12H,1,6-10H2,2-4H3,(H,15,19)(H,17,18). The Hall–Kier alpha value is -1.52. The zero-order valence-corrected chi connectivity index (χ0v) is 12.2. The first-order chi connectivity index (χ1) is 8.99. The Bertz CT molecular complexity index is 301. The van der Waals surface area contributed by atoms with Crippen LogP contribution in [0.3, 0.4) is 0 Å². The maximum absolute atomic E-state index is 12.0. The summed E-state index contributed by atoms with van der Waals surface area (Å²) >= 11 is 0. The molecule has 0 aromatic rings. The topological polar surface area (TPSA) is 69.6 Å².